The van der Waals surface area contributed by atoms with E-state index in [1.165, 1.54) is 0 Å². The molecule has 0 aromatic carbocycles. The SMILES string of the molecule is CC(C)CC(NC(=O)CN(C)C(C)C)C(=O)O. The lowest BCUT2D eigenvalue weighted by Gasteiger charge is -2.22. The maximum absolute atomic E-state index is 11.6. The highest BCUT2D eigenvalue weighted by Crippen LogP contribution is 2.05. The van der Waals surface area contributed by atoms with Gasteiger partial charge in [-0.3, -0.25) is 9.69 Å². The third-order valence-corrected chi connectivity index (χ3v) is 2.61. The first-order valence-corrected chi connectivity index (χ1v) is 5.96. The van der Waals surface area contributed by atoms with Crippen LogP contribution in [0.4, 0.5) is 0 Å². The van der Waals surface area contributed by atoms with Crippen LogP contribution < -0.4 is 5.32 Å². The largest absolute Gasteiger partial charge is 0.480 e. The number of carbonyl (C=O) groups is 2. The van der Waals surface area contributed by atoms with Crippen molar-refractivity contribution < 1.29 is 14.7 Å². The third kappa shape index (κ3) is 6.94. The van der Waals surface area contributed by atoms with Crippen molar-refractivity contribution in [2.75, 3.05) is 13.6 Å². The number of carbonyl (C=O) groups excluding carboxylic acids is 1. The number of carboxylic acid groups (broad SMARTS) is 1. The molecule has 0 aliphatic heterocycles. The van der Waals surface area contributed by atoms with Gasteiger partial charge in [0.1, 0.15) is 6.04 Å². The molecule has 1 unspecified atom stereocenters. The smallest absolute Gasteiger partial charge is 0.326 e. The summed E-state index contributed by atoms with van der Waals surface area (Å²) in [5.74, 6) is -0.979. The molecule has 17 heavy (non-hydrogen) atoms. The van der Waals surface area contributed by atoms with E-state index in [0.29, 0.717) is 6.42 Å². The average molecular weight is 244 g/mol. The zero-order valence-electron chi connectivity index (χ0n) is 11.4. The number of hydrogen-bond donors (Lipinski definition) is 2. The summed E-state index contributed by atoms with van der Waals surface area (Å²) < 4.78 is 0. The van der Waals surface area contributed by atoms with Crippen LogP contribution in [0.3, 0.4) is 0 Å². The number of carboxylic acids is 1. The van der Waals surface area contributed by atoms with Crippen LogP contribution in [-0.2, 0) is 9.59 Å². The second-order valence-corrected chi connectivity index (χ2v) is 5.10. The number of rotatable bonds is 7. The van der Waals surface area contributed by atoms with Crippen molar-refractivity contribution in [2.45, 2.75) is 46.2 Å². The summed E-state index contributed by atoms with van der Waals surface area (Å²) >= 11 is 0. The van der Waals surface area contributed by atoms with Gasteiger partial charge in [0.25, 0.3) is 0 Å². The molecule has 0 aliphatic rings. The summed E-state index contributed by atoms with van der Waals surface area (Å²) in [6.07, 6.45) is 0.451. The second-order valence-electron chi connectivity index (χ2n) is 5.10. The number of amides is 1. The molecule has 0 fully saturated rings. The highest BCUT2D eigenvalue weighted by Gasteiger charge is 2.21. The second kappa shape index (κ2) is 7.27. The van der Waals surface area contributed by atoms with Crippen LogP contribution in [0.15, 0.2) is 0 Å². The van der Waals surface area contributed by atoms with E-state index in [2.05, 4.69) is 5.32 Å². The van der Waals surface area contributed by atoms with Crippen molar-refractivity contribution in [3.05, 3.63) is 0 Å². The molecule has 1 atom stereocenters. The molecular formula is C12H24N2O3. The summed E-state index contributed by atoms with van der Waals surface area (Å²) in [5.41, 5.74) is 0. The Hall–Kier alpha value is -1.10. The van der Waals surface area contributed by atoms with E-state index >= 15 is 0 Å². The molecule has 1 amide bonds. The maximum Gasteiger partial charge on any atom is 0.326 e. The minimum absolute atomic E-state index is 0.222. The molecule has 100 valence electrons. The molecule has 0 spiro atoms. The fourth-order valence-corrected chi connectivity index (χ4v) is 1.34. The topological polar surface area (TPSA) is 69.6 Å². The highest BCUT2D eigenvalue weighted by atomic mass is 16.4. The van der Waals surface area contributed by atoms with Crippen LogP contribution in [-0.4, -0.2) is 47.6 Å². The molecule has 0 saturated carbocycles. The Kier molecular flexibility index (Phi) is 6.80. The van der Waals surface area contributed by atoms with Gasteiger partial charge in [-0.2, -0.15) is 0 Å². The zero-order valence-corrected chi connectivity index (χ0v) is 11.4. The zero-order chi connectivity index (χ0) is 13.6. The molecule has 0 rings (SSSR count). The Morgan fingerprint density at radius 3 is 2.12 bits per heavy atom. The summed E-state index contributed by atoms with van der Waals surface area (Å²) in [6, 6.07) is -0.530. The van der Waals surface area contributed by atoms with Crippen molar-refractivity contribution in [3.63, 3.8) is 0 Å². The van der Waals surface area contributed by atoms with Crippen molar-refractivity contribution in [1.82, 2.24) is 10.2 Å². The van der Waals surface area contributed by atoms with Gasteiger partial charge in [-0.1, -0.05) is 13.8 Å². The van der Waals surface area contributed by atoms with Gasteiger partial charge in [-0.25, -0.2) is 4.79 Å². The monoisotopic (exact) mass is 244 g/mol. The van der Waals surface area contributed by atoms with Gasteiger partial charge in [-0.15, -0.1) is 0 Å². The van der Waals surface area contributed by atoms with Gasteiger partial charge in [0, 0.05) is 6.04 Å². The molecule has 0 bridgehead atoms. The van der Waals surface area contributed by atoms with Gasteiger partial charge in [-0.05, 0) is 33.2 Å². The minimum atomic E-state index is -0.973. The first-order valence-electron chi connectivity index (χ1n) is 5.96. The number of likely N-dealkylation sites (N-methyl/N-ethyl adjacent to an activating group) is 1. The van der Waals surface area contributed by atoms with E-state index in [1.54, 1.807) is 0 Å². The molecule has 0 radical (unpaired) electrons. The van der Waals surface area contributed by atoms with Crippen LogP contribution in [0.25, 0.3) is 0 Å². The van der Waals surface area contributed by atoms with Crippen molar-refractivity contribution in [1.29, 1.82) is 0 Å². The fourth-order valence-electron chi connectivity index (χ4n) is 1.34. The van der Waals surface area contributed by atoms with E-state index in [1.807, 2.05) is 39.6 Å². The quantitative estimate of drug-likeness (QED) is 0.699. The summed E-state index contributed by atoms with van der Waals surface area (Å²) in [5, 5.41) is 11.5. The molecule has 5 heteroatoms. The molecule has 5 nitrogen and oxygen atoms in total. The van der Waals surface area contributed by atoms with Crippen LogP contribution in [0.1, 0.15) is 34.1 Å². The predicted molar refractivity (Wildman–Crippen MR) is 66.8 cm³/mol. The van der Waals surface area contributed by atoms with Crippen molar-refractivity contribution >= 4 is 11.9 Å². The van der Waals surface area contributed by atoms with E-state index in [0.717, 1.165) is 0 Å². The lowest BCUT2D eigenvalue weighted by molar-refractivity contribution is -0.142. The molecule has 0 heterocycles. The van der Waals surface area contributed by atoms with Crippen LogP contribution in [0, 0.1) is 5.92 Å². The molecule has 0 aliphatic carbocycles. The summed E-state index contributed by atoms with van der Waals surface area (Å²) in [7, 11) is 1.84. The van der Waals surface area contributed by atoms with Gasteiger partial charge in [0.05, 0.1) is 6.54 Å². The molecular weight excluding hydrogens is 220 g/mol. The lowest BCUT2D eigenvalue weighted by atomic mass is 10.0. The van der Waals surface area contributed by atoms with E-state index < -0.39 is 12.0 Å². The number of aliphatic carboxylic acids is 1. The van der Waals surface area contributed by atoms with Crippen LogP contribution in [0.2, 0.25) is 0 Å². The van der Waals surface area contributed by atoms with Gasteiger partial charge < -0.3 is 10.4 Å². The molecule has 0 aromatic heterocycles. The van der Waals surface area contributed by atoms with E-state index in [9.17, 15) is 9.59 Å². The maximum atomic E-state index is 11.6. The van der Waals surface area contributed by atoms with Gasteiger partial charge in [0.2, 0.25) is 5.91 Å². The summed E-state index contributed by atoms with van der Waals surface area (Å²) in [4.78, 5) is 24.5. The number of nitrogens with one attached hydrogen (secondary N) is 1. The van der Waals surface area contributed by atoms with Crippen molar-refractivity contribution in [3.8, 4) is 0 Å². The Morgan fingerprint density at radius 1 is 1.24 bits per heavy atom. The Morgan fingerprint density at radius 2 is 1.76 bits per heavy atom. The van der Waals surface area contributed by atoms with E-state index in [4.69, 9.17) is 5.11 Å². The standard InChI is InChI=1S/C12H24N2O3/c1-8(2)6-10(12(16)17)13-11(15)7-14(5)9(3)4/h8-10H,6-7H2,1-5H3,(H,13,15)(H,16,17). The van der Waals surface area contributed by atoms with Crippen LogP contribution >= 0.6 is 0 Å². The van der Waals surface area contributed by atoms with Gasteiger partial charge >= 0.3 is 5.97 Å². The Bertz CT molecular complexity index is 264. The Balaban J connectivity index is 4.26. The number of nitrogens with zero attached hydrogens (tertiary/aromatic N) is 1. The minimum Gasteiger partial charge on any atom is -0.480 e. The van der Waals surface area contributed by atoms with Gasteiger partial charge in [0.15, 0.2) is 0 Å². The first-order chi connectivity index (χ1) is 7.73. The Labute approximate surface area is 103 Å². The van der Waals surface area contributed by atoms with Crippen LogP contribution in [0.5, 0.6) is 0 Å². The molecule has 2 N–H and O–H groups in total. The highest BCUT2D eigenvalue weighted by molar-refractivity contribution is 5.84. The first kappa shape index (κ1) is 15.9. The normalized spacial score (nSPS) is 13.2. The fraction of sp³-hybridized carbons (Fsp3) is 0.833. The number of hydrogen-bond acceptors (Lipinski definition) is 3. The molecule has 0 saturated heterocycles. The van der Waals surface area contributed by atoms with E-state index in [-0.39, 0.29) is 24.4 Å². The average Bonchev–Trinajstić information content (AvgIpc) is 2.15. The lowest BCUT2D eigenvalue weighted by Crippen LogP contribution is -2.46. The third-order valence-electron chi connectivity index (χ3n) is 2.61. The molecule has 0 aromatic rings. The predicted octanol–water partition coefficient (Wildman–Crippen LogP) is 0.942. The van der Waals surface area contributed by atoms with Crippen molar-refractivity contribution in [2.24, 2.45) is 5.92 Å². The summed E-state index contributed by atoms with van der Waals surface area (Å²) in [6.45, 7) is 8.05.